The zero-order valence-corrected chi connectivity index (χ0v) is 12.7. The summed E-state index contributed by atoms with van der Waals surface area (Å²) in [6, 6.07) is 0.0556. The molecule has 112 valence electrons. The fourth-order valence-electron chi connectivity index (χ4n) is 1.95. The average molecular weight is 272 g/mol. The lowest BCUT2D eigenvalue weighted by Crippen LogP contribution is -2.29. The van der Waals surface area contributed by atoms with Crippen molar-refractivity contribution in [1.29, 1.82) is 0 Å². The Kier molecular flexibility index (Phi) is 8.39. The molecule has 1 aliphatic rings. The predicted octanol–water partition coefficient (Wildman–Crippen LogP) is 1.83. The number of carbonyl (C=O) groups excluding carboxylic acids is 1. The molecule has 0 saturated carbocycles. The van der Waals surface area contributed by atoms with E-state index in [4.69, 9.17) is 5.11 Å². The van der Waals surface area contributed by atoms with Crippen molar-refractivity contribution in [1.82, 2.24) is 10.6 Å². The van der Waals surface area contributed by atoms with Crippen LogP contribution in [0.1, 0.15) is 47.5 Å². The molecule has 1 saturated heterocycles. The molecule has 2 atom stereocenters. The van der Waals surface area contributed by atoms with Crippen LogP contribution in [0.15, 0.2) is 0 Å². The number of nitrogens with one attached hydrogen (secondary N) is 2. The van der Waals surface area contributed by atoms with Gasteiger partial charge < -0.3 is 10.4 Å². The Bertz CT molecular complexity index is 290. The minimum absolute atomic E-state index is 0.0556. The Labute approximate surface area is 116 Å². The second kappa shape index (κ2) is 8.91. The molecule has 0 aliphatic carbocycles. The van der Waals surface area contributed by atoms with Crippen LogP contribution in [0.5, 0.6) is 0 Å². The molecular weight excluding hydrogens is 244 g/mol. The SMILES string of the molecule is CC(C)CC(C)C(=O)O.CC(C)C[C@@H]1NCNC1=O. The van der Waals surface area contributed by atoms with Crippen LogP contribution in [0.25, 0.3) is 0 Å². The van der Waals surface area contributed by atoms with Crippen molar-refractivity contribution in [3.63, 3.8) is 0 Å². The number of carboxylic acid groups (broad SMARTS) is 1. The summed E-state index contributed by atoms with van der Waals surface area (Å²) >= 11 is 0. The molecule has 0 spiro atoms. The van der Waals surface area contributed by atoms with E-state index in [1.807, 2.05) is 13.8 Å². The molecule has 5 nitrogen and oxygen atoms in total. The molecule has 1 fully saturated rings. The molecule has 0 radical (unpaired) electrons. The highest BCUT2D eigenvalue weighted by Gasteiger charge is 2.23. The van der Waals surface area contributed by atoms with Gasteiger partial charge in [-0.2, -0.15) is 0 Å². The lowest BCUT2D eigenvalue weighted by Gasteiger charge is -2.08. The summed E-state index contributed by atoms with van der Waals surface area (Å²) in [7, 11) is 0. The van der Waals surface area contributed by atoms with Gasteiger partial charge in [-0.05, 0) is 24.7 Å². The van der Waals surface area contributed by atoms with Gasteiger partial charge in [0.1, 0.15) is 0 Å². The molecule has 5 heteroatoms. The molecule has 0 aromatic rings. The molecule has 1 unspecified atom stereocenters. The fraction of sp³-hybridized carbons (Fsp3) is 0.857. The number of hydrogen-bond acceptors (Lipinski definition) is 3. The molecule has 3 N–H and O–H groups in total. The van der Waals surface area contributed by atoms with Crippen LogP contribution in [-0.2, 0) is 9.59 Å². The van der Waals surface area contributed by atoms with Crippen molar-refractivity contribution in [2.75, 3.05) is 6.67 Å². The summed E-state index contributed by atoms with van der Waals surface area (Å²) in [6.07, 6.45) is 1.71. The van der Waals surface area contributed by atoms with Gasteiger partial charge in [0.05, 0.1) is 18.6 Å². The lowest BCUT2D eigenvalue weighted by atomic mass is 9.99. The van der Waals surface area contributed by atoms with Crippen molar-refractivity contribution in [2.24, 2.45) is 17.8 Å². The minimum Gasteiger partial charge on any atom is -0.481 e. The van der Waals surface area contributed by atoms with Gasteiger partial charge in [-0.1, -0.05) is 34.6 Å². The Hall–Kier alpha value is -1.10. The number of carboxylic acids is 1. The number of amides is 1. The first-order valence-electron chi connectivity index (χ1n) is 6.97. The highest BCUT2D eigenvalue weighted by Crippen LogP contribution is 2.10. The second-order valence-electron chi connectivity index (χ2n) is 5.97. The smallest absolute Gasteiger partial charge is 0.306 e. The number of aliphatic carboxylic acids is 1. The zero-order chi connectivity index (χ0) is 15.0. The summed E-state index contributed by atoms with van der Waals surface area (Å²) in [5, 5.41) is 14.2. The van der Waals surface area contributed by atoms with E-state index in [-0.39, 0.29) is 17.9 Å². The molecule has 0 bridgehead atoms. The maximum atomic E-state index is 10.9. The first-order chi connectivity index (χ1) is 8.73. The van der Waals surface area contributed by atoms with Gasteiger partial charge >= 0.3 is 5.97 Å². The second-order valence-corrected chi connectivity index (χ2v) is 5.97. The largest absolute Gasteiger partial charge is 0.481 e. The van der Waals surface area contributed by atoms with Gasteiger partial charge in [0.25, 0.3) is 0 Å². The first kappa shape index (κ1) is 17.9. The van der Waals surface area contributed by atoms with Crippen LogP contribution in [-0.4, -0.2) is 29.7 Å². The van der Waals surface area contributed by atoms with Crippen molar-refractivity contribution in [3.8, 4) is 0 Å². The molecule has 0 aromatic heterocycles. The van der Waals surface area contributed by atoms with E-state index < -0.39 is 5.97 Å². The van der Waals surface area contributed by atoms with Gasteiger partial charge in [-0.15, -0.1) is 0 Å². The third-order valence-electron chi connectivity index (χ3n) is 2.88. The van der Waals surface area contributed by atoms with Gasteiger partial charge in [0.2, 0.25) is 5.91 Å². The van der Waals surface area contributed by atoms with Crippen molar-refractivity contribution < 1.29 is 14.7 Å². The van der Waals surface area contributed by atoms with Crippen molar-refractivity contribution in [3.05, 3.63) is 0 Å². The maximum absolute atomic E-state index is 10.9. The number of hydrogen-bond donors (Lipinski definition) is 3. The third-order valence-corrected chi connectivity index (χ3v) is 2.88. The Morgan fingerprint density at radius 2 is 1.84 bits per heavy atom. The zero-order valence-electron chi connectivity index (χ0n) is 12.7. The van der Waals surface area contributed by atoms with Crippen molar-refractivity contribution in [2.45, 2.75) is 53.5 Å². The molecule has 1 heterocycles. The summed E-state index contributed by atoms with van der Waals surface area (Å²) < 4.78 is 0. The van der Waals surface area contributed by atoms with E-state index in [9.17, 15) is 9.59 Å². The van der Waals surface area contributed by atoms with Gasteiger partial charge in [-0.25, -0.2) is 0 Å². The predicted molar refractivity (Wildman–Crippen MR) is 75.6 cm³/mol. The van der Waals surface area contributed by atoms with Crippen LogP contribution in [0.4, 0.5) is 0 Å². The summed E-state index contributed by atoms with van der Waals surface area (Å²) in [6.45, 7) is 10.7. The fourth-order valence-corrected chi connectivity index (χ4v) is 1.95. The van der Waals surface area contributed by atoms with Crippen LogP contribution < -0.4 is 10.6 Å². The molecule has 1 amide bonds. The summed E-state index contributed by atoms with van der Waals surface area (Å²) in [5.74, 6) is 0.333. The van der Waals surface area contributed by atoms with E-state index in [1.165, 1.54) is 0 Å². The monoisotopic (exact) mass is 272 g/mol. The van der Waals surface area contributed by atoms with E-state index in [0.29, 0.717) is 18.5 Å². The van der Waals surface area contributed by atoms with Gasteiger partial charge in [0.15, 0.2) is 0 Å². The van der Waals surface area contributed by atoms with E-state index in [1.54, 1.807) is 6.92 Å². The van der Waals surface area contributed by atoms with Crippen LogP contribution >= 0.6 is 0 Å². The minimum atomic E-state index is -0.691. The number of rotatable bonds is 5. The first-order valence-corrected chi connectivity index (χ1v) is 6.97. The van der Waals surface area contributed by atoms with Crippen molar-refractivity contribution >= 4 is 11.9 Å². The lowest BCUT2D eigenvalue weighted by molar-refractivity contribution is -0.141. The Morgan fingerprint density at radius 3 is 2.11 bits per heavy atom. The average Bonchev–Trinajstić information content (AvgIpc) is 2.63. The molecule has 1 rings (SSSR count). The maximum Gasteiger partial charge on any atom is 0.306 e. The highest BCUT2D eigenvalue weighted by molar-refractivity contribution is 5.83. The molecular formula is C14H28N2O3. The van der Waals surface area contributed by atoms with Gasteiger partial charge in [-0.3, -0.25) is 14.9 Å². The van der Waals surface area contributed by atoms with Crippen LogP contribution in [0.3, 0.4) is 0 Å². The highest BCUT2D eigenvalue weighted by atomic mass is 16.4. The Morgan fingerprint density at radius 1 is 1.26 bits per heavy atom. The quantitative estimate of drug-likeness (QED) is 0.713. The molecule has 1 aliphatic heterocycles. The van der Waals surface area contributed by atoms with E-state index >= 15 is 0 Å². The standard InChI is InChI=1S/C7H14N2O.C7H14O2/c1-5(2)3-6-7(10)9-4-8-6;1-5(2)4-6(3)7(8)9/h5-6,8H,3-4H2,1-2H3,(H,9,10);5-6H,4H2,1-3H3,(H,8,9)/t6-;/m0./s1. The van der Waals surface area contributed by atoms with E-state index in [0.717, 1.165) is 12.8 Å². The van der Waals surface area contributed by atoms with Crippen LogP contribution in [0.2, 0.25) is 0 Å². The summed E-state index contributed by atoms with van der Waals surface area (Å²) in [4.78, 5) is 21.2. The molecule has 19 heavy (non-hydrogen) atoms. The van der Waals surface area contributed by atoms with Crippen LogP contribution in [0, 0.1) is 17.8 Å². The van der Waals surface area contributed by atoms with E-state index in [2.05, 4.69) is 24.5 Å². The normalized spacial score (nSPS) is 19.9. The molecule has 0 aromatic carbocycles. The number of carbonyl (C=O) groups is 2. The Balaban J connectivity index is 0.000000344. The van der Waals surface area contributed by atoms with Gasteiger partial charge in [0, 0.05) is 0 Å². The third kappa shape index (κ3) is 8.59. The summed E-state index contributed by atoms with van der Waals surface area (Å²) in [5.41, 5.74) is 0. The topological polar surface area (TPSA) is 78.4 Å².